The number of hydrogen-bond acceptors (Lipinski definition) is 3. The minimum absolute atomic E-state index is 0.364. The molecular weight excluding hydrogens is 314 g/mol. The number of rotatable bonds is 4. The average Bonchev–Trinajstić information content (AvgIpc) is 2.40. The van der Waals surface area contributed by atoms with Crippen LogP contribution in [0, 0.1) is 0 Å². The van der Waals surface area contributed by atoms with Gasteiger partial charge in [-0.25, -0.2) is 0 Å². The Kier molecular flexibility index (Phi) is 4.69. The summed E-state index contributed by atoms with van der Waals surface area (Å²) in [6.45, 7) is 2.26. The summed E-state index contributed by atoms with van der Waals surface area (Å²) < 4.78 is 24.7. The molecule has 5 heteroatoms. The summed E-state index contributed by atoms with van der Waals surface area (Å²) in [5, 5.41) is 0. The van der Waals surface area contributed by atoms with Crippen LogP contribution in [-0.2, 0) is 13.6 Å². The Balaban J connectivity index is 2.34. The van der Waals surface area contributed by atoms with Gasteiger partial charge in [0.25, 0.3) is 0 Å². The van der Waals surface area contributed by atoms with Crippen LogP contribution in [0.25, 0.3) is 5.76 Å². The van der Waals surface area contributed by atoms with Crippen LogP contribution in [0.2, 0.25) is 5.82 Å². The van der Waals surface area contributed by atoms with Gasteiger partial charge in [-0.2, -0.15) is 0 Å². The summed E-state index contributed by atoms with van der Waals surface area (Å²) in [7, 11) is -2.93. The second-order valence-corrected chi connectivity index (χ2v) is 7.92. The molecule has 0 fully saturated rings. The Morgan fingerprint density at radius 3 is 2.72 bits per heavy atom. The van der Waals surface area contributed by atoms with Gasteiger partial charge in [-0.3, -0.25) is 0 Å². The van der Waals surface area contributed by atoms with E-state index < -0.39 is 7.60 Å². The van der Waals surface area contributed by atoms with Crippen LogP contribution < -0.4 is 0 Å². The van der Waals surface area contributed by atoms with Gasteiger partial charge >= 0.3 is 114 Å². The van der Waals surface area contributed by atoms with Gasteiger partial charge in [0.15, 0.2) is 0 Å². The first kappa shape index (κ1) is 13.9. The molecule has 2 rings (SSSR count). The molecule has 0 spiro atoms. The van der Waals surface area contributed by atoms with Gasteiger partial charge in [-0.05, 0) is 0 Å². The molecule has 18 heavy (non-hydrogen) atoms. The minimum atomic E-state index is -2.93. The summed E-state index contributed by atoms with van der Waals surface area (Å²) in [6.07, 6.45) is 1.32. The molecule has 3 nitrogen and oxygen atoms in total. The van der Waals surface area contributed by atoms with Gasteiger partial charge in [0.2, 0.25) is 0 Å². The molecule has 1 aromatic carbocycles. The van der Waals surface area contributed by atoms with Gasteiger partial charge < -0.3 is 0 Å². The van der Waals surface area contributed by atoms with E-state index in [4.69, 9.17) is 9.05 Å². The van der Waals surface area contributed by atoms with Crippen molar-refractivity contribution >= 4 is 28.3 Å². The first-order valence-corrected chi connectivity index (χ1v) is 10.2. The Labute approximate surface area is 114 Å². The van der Waals surface area contributed by atoms with E-state index in [1.54, 1.807) is 0 Å². The molecule has 1 aromatic rings. The van der Waals surface area contributed by atoms with E-state index >= 15 is 0 Å². The van der Waals surface area contributed by atoms with Crippen molar-refractivity contribution in [2.45, 2.75) is 19.2 Å². The van der Waals surface area contributed by atoms with Crippen LogP contribution in [-0.4, -0.2) is 27.7 Å². The third-order valence-electron chi connectivity index (χ3n) is 2.70. The standard InChI is InChI=1S/C13H17O3PSe/c1-3-15-17(14)10-9-12(18-2)13(16-17)11-7-5-4-6-8-11/h4-8H,3,9-10H2,1-2H3. The topological polar surface area (TPSA) is 35.5 Å². The summed E-state index contributed by atoms with van der Waals surface area (Å²) >= 11 is 0.364. The fraction of sp³-hybridized carbons (Fsp3) is 0.385. The van der Waals surface area contributed by atoms with Crippen LogP contribution in [0.3, 0.4) is 0 Å². The Morgan fingerprint density at radius 2 is 2.11 bits per heavy atom. The zero-order valence-electron chi connectivity index (χ0n) is 10.6. The Hall–Kier alpha value is -0.531. The van der Waals surface area contributed by atoms with Crippen molar-refractivity contribution in [1.82, 2.24) is 0 Å². The molecule has 1 atom stereocenters. The van der Waals surface area contributed by atoms with Crippen molar-refractivity contribution in [2.75, 3.05) is 12.8 Å². The summed E-state index contributed by atoms with van der Waals surface area (Å²) in [5.74, 6) is 2.94. The third kappa shape index (κ3) is 3.07. The predicted molar refractivity (Wildman–Crippen MR) is 74.8 cm³/mol. The summed E-state index contributed by atoms with van der Waals surface area (Å²) in [6, 6.07) is 9.87. The summed E-state index contributed by atoms with van der Waals surface area (Å²) in [5.41, 5.74) is 0.996. The molecule has 0 aromatic heterocycles. The second-order valence-electron chi connectivity index (χ2n) is 3.92. The summed E-state index contributed by atoms with van der Waals surface area (Å²) in [4.78, 5) is 0. The van der Waals surface area contributed by atoms with Crippen molar-refractivity contribution in [2.24, 2.45) is 0 Å². The van der Waals surface area contributed by atoms with Crippen molar-refractivity contribution in [3.8, 4) is 0 Å². The zero-order valence-corrected chi connectivity index (χ0v) is 13.2. The molecule has 0 saturated heterocycles. The molecule has 98 valence electrons. The normalized spacial score (nSPS) is 23.9. The average molecular weight is 331 g/mol. The molecule has 0 amide bonds. The maximum atomic E-state index is 12.4. The van der Waals surface area contributed by atoms with Gasteiger partial charge in [0, 0.05) is 0 Å². The predicted octanol–water partition coefficient (Wildman–Crippen LogP) is 3.76. The van der Waals surface area contributed by atoms with E-state index in [9.17, 15) is 4.57 Å². The molecule has 0 aliphatic carbocycles. The molecule has 1 aliphatic rings. The second kappa shape index (κ2) is 6.08. The van der Waals surface area contributed by atoms with Crippen molar-refractivity contribution in [3.05, 3.63) is 40.4 Å². The molecule has 1 aliphatic heterocycles. The van der Waals surface area contributed by atoms with E-state index in [0.29, 0.717) is 27.7 Å². The van der Waals surface area contributed by atoms with Crippen molar-refractivity contribution in [1.29, 1.82) is 0 Å². The number of allylic oxidation sites excluding steroid dienone is 1. The first-order valence-electron chi connectivity index (χ1n) is 5.94. The van der Waals surface area contributed by atoms with Crippen LogP contribution in [0.1, 0.15) is 18.9 Å². The van der Waals surface area contributed by atoms with E-state index in [-0.39, 0.29) is 0 Å². The quantitative estimate of drug-likeness (QED) is 0.623. The molecule has 0 N–H and O–H groups in total. The fourth-order valence-corrected chi connectivity index (χ4v) is 5.38. The molecular formula is C13H17O3PSe. The van der Waals surface area contributed by atoms with E-state index in [0.717, 1.165) is 17.7 Å². The number of benzene rings is 1. The van der Waals surface area contributed by atoms with Crippen LogP contribution in [0.15, 0.2) is 34.8 Å². The number of hydrogen-bond donors (Lipinski definition) is 0. The van der Waals surface area contributed by atoms with Crippen molar-refractivity contribution in [3.63, 3.8) is 0 Å². The molecule has 0 bridgehead atoms. The zero-order chi connectivity index (χ0) is 13.0. The maximum absolute atomic E-state index is 12.4. The van der Waals surface area contributed by atoms with Crippen LogP contribution in [0.5, 0.6) is 0 Å². The van der Waals surface area contributed by atoms with Gasteiger partial charge in [-0.1, -0.05) is 0 Å². The van der Waals surface area contributed by atoms with Gasteiger partial charge in [-0.15, -0.1) is 0 Å². The van der Waals surface area contributed by atoms with Crippen LogP contribution in [0.4, 0.5) is 0 Å². The van der Waals surface area contributed by atoms with Crippen LogP contribution >= 0.6 is 7.60 Å². The first-order chi connectivity index (χ1) is 8.68. The van der Waals surface area contributed by atoms with Gasteiger partial charge in [0.05, 0.1) is 0 Å². The fourth-order valence-electron chi connectivity index (χ4n) is 1.87. The Bertz CT molecular complexity index is 484. The molecule has 0 radical (unpaired) electrons. The molecule has 1 heterocycles. The molecule has 1 unspecified atom stereocenters. The Morgan fingerprint density at radius 1 is 1.39 bits per heavy atom. The van der Waals surface area contributed by atoms with Crippen molar-refractivity contribution < 1.29 is 13.6 Å². The van der Waals surface area contributed by atoms with Gasteiger partial charge in [0.1, 0.15) is 0 Å². The van der Waals surface area contributed by atoms with E-state index in [2.05, 4.69) is 5.82 Å². The third-order valence-corrected chi connectivity index (χ3v) is 6.44. The SMILES string of the molecule is CCOP1(=O)CCC([Se]C)=C(c2ccccc2)O1. The monoisotopic (exact) mass is 332 g/mol. The molecule has 0 saturated carbocycles. The van der Waals surface area contributed by atoms with E-state index in [1.807, 2.05) is 37.3 Å². The van der Waals surface area contributed by atoms with E-state index in [1.165, 1.54) is 4.47 Å².